The first-order valence-corrected chi connectivity index (χ1v) is 5.77. The van der Waals surface area contributed by atoms with E-state index in [1.807, 2.05) is 17.8 Å². The fourth-order valence-electron chi connectivity index (χ4n) is 1.53. The molecule has 0 aromatic carbocycles. The summed E-state index contributed by atoms with van der Waals surface area (Å²) in [5.41, 5.74) is 0. The van der Waals surface area contributed by atoms with Crippen LogP contribution in [-0.2, 0) is 0 Å². The van der Waals surface area contributed by atoms with Gasteiger partial charge >= 0.3 is 0 Å². The van der Waals surface area contributed by atoms with Gasteiger partial charge in [-0.25, -0.2) is 0 Å². The Morgan fingerprint density at radius 2 is 2.50 bits per heavy atom. The number of hydrogen-bond donors (Lipinski definition) is 0. The Hall–Kier alpha value is 0.340. The zero-order valence-corrected chi connectivity index (χ0v) is 9.24. The number of halogens is 1. The second kappa shape index (κ2) is 4.54. The van der Waals surface area contributed by atoms with Crippen molar-refractivity contribution in [3.8, 4) is 0 Å². The third kappa shape index (κ3) is 2.18. The van der Waals surface area contributed by atoms with Crippen LogP contribution in [0.4, 0.5) is 0 Å². The molecule has 12 heavy (non-hydrogen) atoms. The van der Waals surface area contributed by atoms with E-state index in [-0.39, 0.29) is 5.38 Å². The Morgan fingerprint density at radius 1 is 1.83 bits per heavy atom. The van der Waals surface area contributed by atoms with Gasteiger partial charge in [0.2, 0.25) is 0 Å². The van der Waals surface area contributed by atoms with E-state index in [9.17, 15) is 0 Å². The van der Waals surface area contributed by atoms with Gasteiger partial charge in [0.25, 0.3) is 0 Å². The molecule has 0 N–H and O–H groups in total. The molecule has 1 saturated heterocycles. The van der Waals surface area contributed by atoms with Gasteiger partial charge in [-0.2, -0.15) is 0 Å². The topological polar surface area (TPSA) is 3.24 Å². The van der Waals surface area contributed by atoms with Crippen LogP contribution in [0.5, 0.6) is 0 Å². The van der Waals surface area contributed by atoms with Gasteiger partial charge in [0, 0.05) is 23.7 Å². The van der Waals surface area contributed by atoms with Gasteiger partial charge in [0.15, 0.2) is 0 Å². The molecule has 1 fully saturated rings. The Labute approximate surface area is 84.1 Å². The predicted molar refractivity (Wildman–Crippen MR) is 57.9 cm³/mol. The fourth-order valence-corrected chi connectivity index (χ4v) is 3.26. The first kappa shape index (κ1) is 10.4. The molecule has 3 atom stereocenters. The van der Waals surface area contributed by atoms with Gasteiger partial charge in [0.05, 0.1) is 5.37 Å². The van der Waals surface area contributed by atoms with Crippen LogP contribution in [-0.4, -0.2) is 34.0 Å². The van der Waals surface area contributed by atoms with Crippen molar-refractivity contribution in [3.05, 3.63) is 12.7 Å². The first-order chi connectivity index (χ1) is 5.66. The average molecular weight is 206 g/mol. The largest absolute Gasteiger partial charge is 0.283 e. The summed E-state index contributed by atoms with van der Waals surface area (Å²) < 4.78 is 0. The van der Waals surface area contributed by atoms with Crippen molar-refractivity contribution in [2.45, 2.75) is 30.6 Å². The molecule has 1 aliphatic heterocycles. The normalized spacial score (nSPS) is 33.6. The lowest BCUT2D eigenvalue weighted by Crippen LogP contribution is -2.39. The summed E-state index contributed by atoms with van der Waals surface area (Å²) in [5.74, 6) is 1.15. The minimum absolute atomic E-state index is 0.238. The third-order valence-electron chi connectivity index (χ3n) is 2.27. The van der Waals surface area contributed by atoms with E-state index in [2.05, 4.69) is 25.3 Å². The van der Waals surface area contributed by atoms with Crippen LogP contribution >= 0.6 is 23.4 Å². The Morgan fingerprint density at radius 3 is 3.00 bits per heavy atom. The number of hydrogen-bond acceptors (Lipinski definition) is 2. The SMILES string of the molecule is C=CCN1C(C)SCC1C(C)Cl. The highest BCUT2D eigenvalue weighted by Gasteiger charge is 2.32. The Bertz CT molecular complexity index is 161. The average Bonchev–Trinajstić information content (AvgIpc) is 2.34. The molecule has 0 spiro atoms. The molecular weight excluding hydrogens is 190 g/mol. The van der Waals surface area contributed by atoms with Crippen molar-refractivity contribution in [2.24, 2.45) is 0 Å². The monoisotopic (exact) mass is 205 g/mol. The minimum Gasteiger partial charge on any atom is -0.283 e. The zero-order valence-electron chi connectivity index (χ0n) is 7.66. The molecule has 1 rings (SSSR count). The summed E-state index contributed by atoms with van der Waals surface area (Å²) >= 11 is 8.07. The molecule has 3 heteroatoms. The highest BCUT2D eigenvalue weighted by Crippen LogP contribution is 2.31. The van der Waals surface area contributed by atoms with Crippen LogP contribution in [0.1, 0.15) is 13.8 Å². The summed E-state index contributed by atoms with van der Waals surface area (Å²) in [6, 6.07) is 0.518. The molecule has 1 nitrogen and oxygen atoms in total. The molecule has 0 radical (unpaired) electrons. The first-order valence-electron chi connectivity index (χ1n) is 4.29. The molecule has 3 unspecified atom stereocenters. The van der Waals surface area contributed by atoms with Gasteiger partial charge < -0.3 is 0 Å². The van der Waals surface area contributed by atoms with Crippen LogP contribution in [0.3, 0.4) is 0 Å². The zero-order chi connectivity index (χ0) is 9.14. The lowest BCUT2D eigenvalue weighted by atomic mass is 10.2. The highest BCUT2D eigenvalue weighted by atomic mass is 35.5. The smallest absolute Gasteiger partial charge is 0.0536 e. The van der Waals surface area contributed by atoms with Crippen molar-refractivity contribution in [1.29, 1.82) is 0 Å². The number of rotatable bonds is 3. The molecule has 70 valence electrons. The van der Waals surface area contributed by atoms with E-state index < -0.39 is 0 Å². The van der Waals surface area contributed by atoms with Crippen molar-refractivity contribution < 1.29 is 0 Å². The van der Waals surface area contributed by atoms with Gasteiger partial charge in [-0.15, -0.1) is 29.9 Å². The Kier molecular flexibility index (Phi) is 3.94. The van der Waals surface area contributed by atoms with Crippen LogP contribution in [0.25, 0.3) is 0 Å². The van der Waals surface area contributed by atoms with Gasteiger partial charge in [-0.1, -0.05) is 6.08 Å². The quantitative estimate of drug-likeness (QED) is 0.515. The lowest BCUT2D eigenvalue weighted by Gasteiger charge is -2.27. The standard InChI is InChI=1S/C9H16ClNS/c1-4-5-11-8(3)12-6-9(11)7(2)10/h4,7-9H,1,5-6H2,2-3H3. The van der Waals surface area contributed by atoms with Crippen molar-refractivity contribution in [2.75, 3.05) is 12.3 Å². The van der Waals surface area contributed by atoms with E-state index >= 15 is 0 Å². The maximum Gasteiger partial charge on any atom is 0.0536 e. The molecule has 0 saturated carbocycles. The highest BCUT2D eigenvalue weighted by molar-refractivity contribution is 8.00. The molecule has 0 aromatic rings. The van der Waals surface area contributed by atoms with E-state index in [4.69, 9.17) is 11.6 Å². The molecule has 0 amide bonds. The Balaban J connectivity index is 2.56. The maximum atomic E-state index is 6.09. The van der Waals surface area contributed by atoms with Gasteiger partial charge in [-0.05, 0) is 13.8 Å². The summed E-state index contributed by atoms with van der Waals surface area (Å²) in [5, 5.41) is 0.830. The van der Waals surface area contributed by atoms with Gasteiger partial charge in [-0.3, -0.25) is 4.90 Å². The van der Waals surface area contributed by atoms with E-state index in [1.54, 1.807) is 0 Å². The molecule has 0 aliphatic carbocycles. The summed E-state index contributed by atoms with van der Waals surface area (Å²) in [6.07, 6.45) is 1.95. The number of thioether (sulfide) groups is 1. The van der Waals surface area contributed by atoms with Gasteiger partial charge in [0.1, 0.15) is 0 Å². The van der Waals surface area contributed by atoms with E-state index in [1.165, 1.54) is 0 Å². The molecule has 0 bridgehead atoms. The minimum atomic E-state index is 0.238. The summed E-state index contributed by atoms with van der Waals surface area (Å²) in [7, 11) is 0. The summed E-state index contributed by atoms with van der Waals surface area (Å²) in [6.45, 7) is 9.01. The predicted octanol–water partition coefficient (Wildman–Crippen LogP) is 2.56. The third-order valence-corrected chi connectivity index (χ3v) is 3.85. The van der Waals surface area contributed by atoms with Crippen molar-refractivity contribution in [3.63, 3.8) is 0 Å². The van der Waals surface area contributed by atoms with Crippen LogP contribution < -0.4 is 0 Å². The van der Waals surface area contributed by atoms with Crippen LogP contribution in [0.2, 0.25) is 0 Å². The number of nitrogens with zero attached hydrogens (tertiary/aromatic N) is 1. The van der Waals surface area contributed by atoms with Crippen molar-refractivity contribution in [1.82, 2.24) is 4.90 Å². The van der Waals surface area contributed by atoms with E-state index in [0.717, 1.165) is 12.3 Å². The van der Waals surface area contributed by atoms with E-state index in [0.29, 0.717) is 11.4 Å². The second-order valence-corrected chi connectivity index (χ2v) is 5.20. The lowest BCUT2D eigenvalue weighted by molar-refractivity contribution is 0.243. The maximum absolute atomic E-state index is 6.09. The molecular formula is C9H16ClNS. The van der Waals surface area contributed by atoms with Crippen LogP contribution in [0, 0.1) is 0 Å². The molecule has 0 aromatic heterocycles. The molecule has 1 heterocycles. The summed E-state index contributed by atoms with van der Waals surface area (Å²) in [4.78, 5) is 2.41. The fraction of sp³-hybridized carbons (Fsp3) is 0.778. The number of alkyl halides is 1. The molecule has 1 aliphatic rings. The second-order valence-electron chi connectivity index (χ2n) is 3.16. The van der Waals surface area contributed by atoms with Crippen LogP contribution in [0.15, 0.2) is 12.7 Å². The van der Waals surface area contributed by atoms with Crippen molar-refractivity contribution >= 4 is 23.4 Å².